The molecule has 0 saturated carbocycles. The molecule has 0 spiro atoms. The third kappa shape index (κ3) is 9.91. The van der Waals surface area contributed by atoms with E-state index in [0.717, 1.165) is 38.9 Å². The Bertz CT molecular complexity index is 229. The van der Waals surface area contributed by atoms with Gasteiger partial charge in [0.25, 0.3) is 0 Å². The second kappa shape index (κ2) is 11.2. The van der Waals surface area contributed by atoms with E-state index in [1.807, 2.05) is 0 Å². The first-order chi connectivity index (χ1) is 9.03. The molecule has 1 amide bonds. The van der Waals surface area contributed by atoms with Gasteiger partial charge >= 0.3 is 0 Å². The van der Waals surface area contributed by atoms with E-state index in [4.69, 9.17) is 5.73 Å². The number of nitrogens with one attached hydrogen (secondary N) is 1. The number of carbonyl (C=O) groups is 1. The van der Waals surface area contributed by atoms with Crippen LogP contribution in [0.4, 0.5) is 0 Å². The number of nitrogens with two attached hydrogens (primary N) is 1. The lowest BCUT2D eigenvalue weighted by Gasteiger charge is -2.20. The number of nitrogens with zero attached hydrogens (tertiary/aromatic N) is 1. The monoisotopic (exact) mass is 271 g/mol. The Morgan fingerprint density at radius 1 is 1.21 bits per heavy atom. The van der Waals surface area contributed by atoms with E-state index in [1.165, 1.54) is 0 Å². The number of amides is 1. The van der Waals surface area contributed by atoms with Crippen LogP contribution in [0, 0.1) is 5.92 Å². The third-order valence-electron chi connectivity index (χ3n) is 3.68. The van der Waals surface area contributed by atoms with Crippen molar-refractivity contribution in [2.24, 2.45) is 11.7 Å². The molecular formula is C15H33N3O. The van der Waals surface area contributed by atoms with E-state index in [9.17, 15) is 4.79 Å². The molecule has 114 valence electrons. The number of rotatable bonds is 11. The minimum Gasteiger partial charge on any atom is -0.354 e. The van der Waals surface area contributed by atoms with E-state index in [0.29, 0.717) is 18.9 Å². The van der Waals surface area contributed by atoms with Crippen molar-refractivity contribution in [3.05, 3.63) is 0 Å². The van der Waals surface area contributed by atoms with Crippen LogP contribution in [0.1, 0.15) is 53.4 Å². The number of carbonyl (C=O) groups excluding carboxylic acids is 1. The summed E-state index contributed by atoms with van der Waals surface area (Å²) in [5.74, 6) is 0.597. The summed E-state index contributed by atoms with van der Waals surface area (Å²) in [6, 6.07) is 0.274. The molecule has 2 unspecified atom stereocenters. The van der Waals surface area contributed by atoms with Crippen LogP contribution in [0.5, 0.6) is 0 Å². The van der Waals surface area contributed by atoms with Crippen molar-refractivity contribution < 1.29 is 4.79 Å². The van der Waals surface area contributed by atoms with Gasteiger partial charge in [-0.25, -0.2) is 0 Å². The van der Waals surface area contributed by atoms with Gasteiger partial charge in [-0.15, -0.1) is 0 Å². The standard InChI is InChI=1S/C15H33N3O/c1-5-18(6-2)11-7-8-14(4)17-15(19)10-9-13(3)12-16/h13-14H,5-12,16H2,1-4H3,(H,17,19). The molecule has 0 aliphatic carbocycles. The van der Waals surface area contributed by atoms with Gasteiger partial charge in [-0.3, -0.25) is 4.79 Å². The van der Waals surface area contributed by atoms with Gasteiger partial charge in [-0.1, -0.05) is 20.8 Å². The molecule has 0 saturated heterocycles. The van der Waals surface area contributed by atoms with Crippen molar-refractivity contribution in [1.29, 1.82) is 0 Å². The molecule has 0 bridgehead atoms. The molecule has 0 heterocycles. The summed E-state index contributed by atoms with van der Waals surface area (Å²) in [6.45, 7) is 12.5. The summed E-state index contributed by atoms with van der Waals surface area (Å²) in [4.78, 5) is 14.1. The normalized spacial score (nSPS) is 14.4. The minimum absolute atomic E-state index is 0.163. The third-order valence-corrected chi connectivity index (χ3v) is 3.68. The van der Waals surface area contributed by atoms with Crippen LogP contribution in [0.25, 0.3) is 0 Å². The molecular weight excluding hydrogens is 238 g/mol. The quantitative estimate of drug-likeness (QED) is 0.604. The second-order valence-corrected chi connectivity index (χ2v) is 5.52. The number of hydrogen-bond acceptors (Lipinski definition) is 3. The van der Waals surface area contributed by atoms with Crippen molar-refractivity contribution in [2.75, 3.05) is 26.2 Å². The van der Waals surface area contributed by atoms with Gasteiger partial charge in [-0.05, 0) is 58.3 Å². The average molecular weight is 271 g/mol. The first-order valence-corrected chi connectivity index (χ1v) is 7.75. The largest absolute Gasteiger partial charge is 0.354 e. The maximum atomic E-state index is 11.7. The Labute approximate surface area is 119 Å². The molecule has 4 heteroatoms. The lowest BCUT2D eigenvalue weighted by Crippen LogP contribution is -2.34. The molecule has 2 atom stereocenters. The summed E-state index contributed by atoms with van der Waals surface area (Å²) in [5.41, 5.74) is 5.54. The average Bonchev–Trinajstić information content (AvgIpc) is 2.40. The molecule has 4 nitrogen and oxygen atoms in total. The van der Waals surface area contributed by atoms with Crippen LogP contribution in [0.2, 0.25) is 0 Å². The van der Waals surface area contributed by atoms with Gasteiger partial charge in [0.05, 0.1) is 0 Å². The van der Waals surface area contributed by atoms with Crippen LogP contribution >= 0.6 is 0 Å². The number of hydrogen-bond donors (Lipinski definition) is 2. The molecule has 0 rings (SSSR count). The van der Waals surface area contributed by atoms with Gasteiger partial charge in [0.2, 0.25) is 5.91 Å². The Hall–Kier alpha value is -0.610. The molecule has 0 radical (unpaired) electrons. The van der Waals surface area contributed by atoms with Gasteiger partial charge in [0.1, 0.15) is 0 Å². The first-order valence-electron chi connectivity index (χ1n) is 7.75. The fraction of sp³-hybridized carbons (Fsp3) is 0.933. The van der Waals surface area contributed by atoms with Crippen LogP contribution in [0.3, 0.4) is 0 Å². The summed E-state index contributed by atoms with van der Waals surface area (Å²) in [5, 5.41) is 3.07. The zero-order valence-corrected chi connectivity index (χ0v) is 13.2. The highest BCUT2D eigenvalue weighted by atomic mass is 16.1. The van der Waals surface area contributed by atoms with Crippen LogP contribution in [0.15, 0.2) is 0 Å². The Balaban J connectivity index is 3.67. The molecule has 0 aromatic heterocycles. The molecule has 0 fully saturated rings. The van der Waals surface area contributed by atoms with E-state index >= 15 is 0 Å². The highest BCUT2D eigenvalue weighted by molar-refractivity contribution is 5.76. The van der Waals surface area contributed by atoms with E-state index in [-0.39, 0.29) is 11.9 Å². The maximum Gasteiger partial charge on any atom is 0.220 e. The summed E-state index contributed by atoms with van der Waals surface area (Å²) < 4.78 is 0. The summed E-state index contributed by atoms with van der Waals surface area (Å²) in [6.07, 6.45) is 3.67. The van der Waals surface area contributed by atoms with E-state index < -0.39 is 0 Å². The summed E-state index contributed by atoms with van der Waals surface area (Å²) in [7, 11) is 0. The zero-order chi connectivity index (χ0) is 14.7. The SMILES string of the molecule is CCN(CC)CCCC(C)NC(=O)CCC(C)CN. The zero-order valence-electron chi connectivity index (χ0n) is 13.2. The first kappa shape index (κ1) is 18.4. The predicted molar refractivity (Wildman–Crippen MR) is 82.1 cm³/mol. The fourth-order valence-corrected chi connectivity index (χ4v) is 2.08. The van der Waals surface area contributed by atoms with Crippen molar-refractivity contribution in [1.82, 2.24) is 10.2 Å². The van der Waals surface area contributed by atoms with Crippen molar-refractivity contribution in [2.45, 2.75) is 59.4 Å². The van der Waals surface area contributed by atoms with Gasteiger partial charge in [0, 0.05) is 12.5 Å². The van der Waals surface area contributed by atoms with Gasteiger partial charge < -0.3 is 16.0 Å². The van der Waals surface area contributed by atoms with Crippen molar-refractivity contribution >= 4 is 5.91 Å². The molecule has 0 aromatic rings. The lowest BCUT2D eigenvalue weighted by atomic mass is 10.1. The van der Waals surface area contributed by atoms with Gasteiger partial charge in [0.15, 0.2) is 0 Å². The molecule has 19 heavy (non-hydrogen) atoms. The van der Waals surface area contributed by atoms with Crippen molar-refractivity contribution in [3.8, 4) is 0 Å². The molecule has 0 aromatic carbocycles. The lowest BCUT2D eigenvalue weighted by molar-refractivity contribution is -0.122. The van der Waals surface area contributed by atoms with Gasteiger partial charge in [-0.2, -0.15) is 0 Å². The fourth-order valence-electron chi connectivity index (χ4n) is 2.08. The van der Waals surface area contributed by atoms with E-state index in [2.05, 4.69) is 37.9 Å². The summed E-state index contributed by atoms with van der Waals surface area (Å²) >= 11 is 0. The van der Waals surface area contributed by atoms with Crippen molar-refractivity contribution in [3.63, 3.8) is 0 Å². The van der Waals surface area contributed by atoms with Crippen LogP contribution in [-0.4, -0.2) is 43.0 Å². The topological polar surface area (TPSA) is 58.4 Å². The van der Waals surface area contributed by atoms with Crippen LogP contribution < -0.4 is 11.1 Å². The Morgan fingerprint density at radius 3 is 2.37 bits per heavy atom. The van der Waals surface area contributed by atoms with E-state index in [1.54, 1.807) is 0 Å². The molecule has 0 aliphatic heterocycles. The maximum absolute atomic E-state index is 11.7. The smallest absolute Gasteiger partial charge is 0.220 e. The molecule has 0 aliphatic rings. The predicted octanol–water partition coefficient (Wildman–Crippen LogP) is 1.99. The minimum atomic E-state index is 0.163. The highest BCUT2D eigenvalue weighted by Gasteiger charge is 2.09. The highest BCUT2D eigenvalue weighted by Crippen LogP contribution is 2.04. The second-order valence-electron chi connectivity index (χ2n) is 5.52. The molecule has 3 N–H and O–H groups in total. The van der Waals surface area contributed by atoms with Crippen LogP contribution in [-0.2, 0) is 4.79 Å². The Morgan fingerprint density at radius 2 is 1.84 bits per heavy atom. The Kier molecular flexibility index (Phi) is 10.9.